The number of rotatable bonds is 10. The molecule has 6 nitrogen and oxygen atoms in total. The van der Waals surface area contributed by atoms with Gasteiger partial charge in [-0.3, -0.25) is 0 Å². The van der Waals surface area contributed by atoms with Crippen molar-refractivity contribution in [3.8, 4) is 0 Å². The summed E-state index contributed by atoms with van der Waals surface area (Å²) in [4.78, 5) is 22.0. The average molecular weight is 385 g/mol. The molecule has 0 aromatic rings. The molecule has 0 aromatic carbocycles. The maximum absolute atomic E-state index is 11.8. The van der Waals surface area contributed by atoms with Gasteiger partial charge >= 0.3 is 12.0 Å². The highest BCUT2D eigenvalue weighted by atomic mass is 35.5. The van der Waals surface area contributed by atoms with Gasteiger partial charge in [0.15, 0.2) is 0 Å². The molecule has 0 aliphatic rings. The summed E-state index contributed by atoms with van der Waals surface area (Å²) >= 11 is 10.9. The van der Waals surface area contributed by atoms with Crippen LogP contribution in [0.1, 0.15) is 47.5 Å². The zero-order valence-corrected chi connectivity index (χ0v) is 16.7. The van der Waals surface area contributed by atoms with Gasteiger partial charge in [0.25, 0.3) is 0 Å². The van der Waals surface area contributed by atoms with Crippen LogP contribution in [0.2, 0.25) is 0 Å². The Bertz CT molecular complexity index is 385. The zero-order valence-electron chi connectivity index (χ0n) is 15.2. The second-order valence-electron chi connectivity index (χ2n) is 7.04. The van der Waals surface area contributed by atoms with E-state index in [4.69, 9.17) is 32.7 Å². The van der Waals surface area contributed by atoms with Crippen LogP contribution in [0.3, 0.4) is 0 Å². The Morgan fingerprint density at radius 2 is 1.75 bits per heavy atom. The molecule has 0 aliphatic carbocycles. The molecule has 1 unspecified atom stereocenters. The Kier molecular flexibility index (Phi) is 11.4. The highest BCUT2D eigenvalue weighted by Gasteiger charge is 2.21. The number of urea groups is 1. The fourth-order valence-corrected chi connectivity index (χ4v) is 1.84. The van der Waals surface area contributed by atoms with E-state index in [1.165, 1.54) is 0 Å². The molecule has 0 rings (SSSR count). The van der Waals surface area contributed by atoms with E-state index in [1.807, 2.05) is 13.8 Å². The highest BCUT2D eigenvalue weighted by molar-refractivity contribution is 6.52. The maximum Gasteiger partial charge on any atom is 0.339 e. The van der Waals surface area contributed by atoms with Crippen molar-refractivity contribution < 1.29 is 19.1 Å². The van der Waals surface area contributed by atoms with Gasteiger partial charge in [-0.25, -0.2) is 9.59 Å². The topological polar surface area (TPSA) is 76.7 Å². The van der Waals surface area contributed by atoms with Crippen molar-refractivity contribution in [2.75, 3.05) is 19.7 Å². The first kappa shape index (κ1) is 23.3. The van der Waals surface area contributed by atoms with Crippen LogP contribution in [0, 0.1) is 5.41 Å². The molecule has 2 amide bonds. The molecule has 0 radical (unpaired) electrons. The van der Waals surface area contributed by atoms with E-state index >= 15 is 0 Å². The predicted molar refractivity (Wildman–Crippen MR) is 96.6 cm³/mol. The fourth-order valence-electron chi connectivity index (χ4n) is 1.74. The molecule has 0 bridgehead atoms. The van der Waals surface area contributed by atoms with Gasteiger partial charge in [-0.2, -0.15) is 0 Å². The SMILES string of the molecule is CC(C)OCC(CNC(=O)NCCCC(C)(C)C)OC(=O)C(Cl)Cl. The van der Waals surface area contributed by atoms with Gasteiger partial charge in [-0.05, 0) is 32.1 Å². The quantitative estimate of drug-likeness (QED) is 0.344. The number of hydrogen-bond acceptors (Lipinski definition) is 4. The minimum absolute atomic E-state index is 0.0276. The van der Waals surface area contributed by atoms with E-state index in [0.717, 1.165) is 12.8 Å². The molecular weight excluding hydrogens is 355 g/mol. The molecule has 24 heavy (non-hydrogen) atoms. The molecule has 0 fully saturated rings. The van der Waals surface area contributed by atoms with Crippen molar-refractivity contribution >= 4 is 35.2 Å². The summed E-state index contributed by atoms with van der Waals surface area (Å²) in [6.07, 6.45) is 1.23. The number of halogens is 2. The molecule has 8 heteroatoms. The van der Waals surface area contributed by atoms with Gasteiger partial charge in [0.1, 0.15) is 6.10 Å². The molecular formula is C16H30Cl2N2O4. The van der Waals surface area contributed by atoms with Crippen molar-refractivity contribution in [2.45, 2.75) is 64.5 Å². The second kappa shape index (κ2) is 11.8. The van der Waals surface area contributed by atoms with Crippen LogP contribution < -0.4 is 10.6 Å². The minimum atomic E-state index is -1.27. The molecule has 142 valence electrons. The summed E-state index contributed by atoms with van der Waals surface area (Å²) in [6.45, 7) is 11.0. The lowest BCUT2D eigenvalue weighted by Gasteiger charge is -2.21. The van der Waals surface area contributed by atoms with Crippen molar-refractivity contribution in [1.29, 1.82) is 0 Å². The van der Waals surface area contributed by atoms with Gasteiger partial charge in [0, 0.05) is 6.54 Å². The van der Waals surface area contributed by atoms with E-state index in [-0.39, 0.29) is 30.7 Å². The molecule has 1 atom stereocenters. The summed E-state index contributed by atoms with van der Waals surface area (Å²) < 4.78 is 10.5. The molecule has 0 saturated heterocycles. The third-order valence-corrected chi connectivity index (χ3v) is 3.31. The van der Waals surface area contributed by atoms with E-state index < -0.39 is 16.9 Å². The van der Waals surface area contributed by atoms with Gasteiger partial charge in [0.05, 0.1) is 19.3 Å². The lowest BCUT2D eigenvalue weighted by atomic mass is 9.91. The van der Waals surface area contributed by atoms with E-state index in [2.05, 4.69) is 31.4 Å². The number of carbonyl (C=O) groups excluding carboxylic acids is 2. The summed E-state index contributed by atoms with van der Waals surface area (Å²) in [6, 6.07) is -0.317. The highest BCUT2D eigenvalue weighted by Crippen LogP contribution is 2.19. The van der Waals surface area contributed by atoms with Gasteiger partial charge < -0.3 is 20.1 Å². The molecule has 0 aromatic heterocycles. The average Bonchev–Trinajstić information content (AvgIpc) is 2.45. The molecule has 0 saturated carbocycles. The number of alkyl halides is 2. The van der Waals surface area contributed by atoms with Crippen LogP contribution in [-0.4, -0.2) is 48.7 Å². The normalized spacial score (nSPS) is 13.0. The Morgan fingerprint density at radius 3 is 2.25 bits per heavy atom. The Hall–Kier alpha value is -0.720. The van der Waals surface area contributed by atoms with Gasteiger partial charge in [-0.15, -0.1) is 0 Å². The first-order valence-corrected chi connectivity index (χ1v) is 9.00. The van der Waals surface area contributed by atoms with Crippen LogP contribution >= 0.6 is 23.2 Å². The zero-order chi connectivity index (χ0) is 18.8. The molecule has 2 N–H and O–H groups in total. The van der Waals surface area contributed by atoms with Gasteiger partial charge in [-0.1, -0.05) is 44.0 Å². The molecule has 0 aliphatic heterocycles. The van der Waals surface area contributed by atoms with Crippen LogP contribution in [0.5, 0.6) is 0 Å². The first-order valence-electron chi connectivity index (χ1n) is 8.13. The second-order valence-corrected chi connectivity index (χ2v) is 8.14. The smallest absolute Gasteiger partial charge is 0.339 e. The van der Waals surface area contributed by atoms with Crippen molar-refractivity contribution in [1.82, 2.24) is 10.6 Å². The summed E-state index contributed by atoms with van der Waals surface area (Å²) in [5, 5.41) is 5.42. The van der Waals surface area contributed by atoms with Crippen molar-refractivity contribution in [3.05, 3.63) is 0 Å². The lowest BCUT2D eigenvalue weighted by molar-refractivity contribution is -0.150. The van der Waals surface area contributed by atoms with E-state index in [0.29, 0.717) is 6.54 Å². The minimum Gasteiger partial charge on any atom is -0.456 e. The number of hydrogen-bond donors (Lipinski definition) is 2. The van der Waals surface area contributed by atoms with Crippen molar-refractivity contribution in [2.24, 2.45) is 5.41 Å². The van der Waals surface area contributed by atoms with Crippen LogP contribution in [0.4, 0.5) is 4.79 Å². The summed E-state index contributed by atoms with van der Waals surface area (Å²) in [7, 11) is 0. The largest absolute Gasteiger partial charge is 0.456 e. The van der Waals surface area contributed by atoms with Crippen LogP contribution in [-0.2, 0) is 14.3 Å². The van der Waals surface area contributed by atoms with E-state index in [1.54, 1.807) is 0 Å². The number of nitrogens with one attached hydrogen (secondary N) is 2. The number of carbonyl (C=O) groups is 2. The van der Waals surface area contributed by atoms with Gasteiger partial charge in [0.2, 0.25) is 4.84 Å². The van der Waals surface area contributed by atoms with Crippen LogP contribution in [0.15, 0.2) is 0 Å². The number of esters is 1. The first-order chi connectivity index (χ1) is 11.0. The van der Waals surface area contributed by atoms with E-state index in [9.17, 15) is 9.59 Å². The van der Waals surface area contributed by atoms with Crippen molar-refractivity contribution in [3.63, 3.8) is 0 Å². The monoisotopic (exact) mass is 384 g/mol. The lowest BCUT2D eigenvalue weighted by Crippen LogP contribution is -2.43. The Labute approximate surface area is 154 Å². The Balaban J connectivity index is 4.18. The Morgan fingerprint density at radius 1 is 1.12 bits per heavy atom. The third-order valence-electron chi connectivity index (χ3n) is 2.96. The molecule has 0 spiro atoms. The predicted octanol–water partition coefficient (Wildman–Crippen LogP) is 3.25. The summed E-state index contributed by atoms with van der Waals surface area (Å²) in [5.41, 5.74) is 0.241. The third kappa shape index (κ3) is 13.7. The molecule has 0 heterocycles. The standard InChI is InChI=1S/C16H30Cl2N2O4/c1-11(2)23-10-12(24-14(21)13(17)18)9-20-15(22)19-8-6-7-16(3,4)5/h11-13H,6-10H2,1-5H3,(H2,19,20,22). The maximum atomic E-state index is 11.8. The summed E-state index contributed by atoms with van der Waals surface area (Å²) in [5.74, 6) is -0.761. The fraction of sp³-hybridized carbons (Fsp3) is 0.875. The number of amides is 2. The van der Waals surface area contributed by atoms with Crippen LogP contribution in [0.25, 0.3) is 0 Å². The number of ether oxygens (including phenoxy) is 2.